The van der Waals surface area contributed by atoms with E-state index in [0.29, 0.717) is 16.5 Å². The molecule has 0 spiro atoms. The smallest absolute Gasteiger partial charge is 0.254 e. The number of carbonyl (C=O) groups is 1. The number of carbonyl (C=O) groups excluding carboxylic acids is 1. The molecule has 6 nitrogen and oxygen atoms in total. The molecule has 0 saturated carbocycles. The van der Waals surface area contributed by atoms with E-state index in [9.17, 15) is 17.6 Å². The lowest BCUT2D eigenvalue weighted by Crippen LogP contribution is -2.40. The number of ether oxygens (including phenoxy) is 1. The van der Waals surface area contributed by atoms with E-state index in [1.807, 2.05) is 6.92 Å². The molecule has 0 radical (unpaired) electrons. The Bertz CT molecular complexity index is 1060. The van der Waals surface area contributed by atoms with Gasteiger partial charge in [-0.3, -0.25) is 4.79 Å². The van der Waals surface area contributed by atoms with Gasteiger partial charge in [0.2, 0.25) is 10.0 Å². The van der Waals surface area contributed by atoms with Gasteiger partial charge in [-0.15, -0.1) is 0 Å². The van der Waals surface area contributed by atoms with Crippen LogP contribution in [-0.4, -0.2) is 44.9 Å². The van der Waals surface area contributed by atoms with Crippen LogP contribution in [0.1, 0.15) is 41.7 Å². The van der Waals surface area contributed by atoms with E-state index in [0.717, 1.165) is 24.1 Å². The van der Waals surface area contributed by atoms with Crippen molar-refractivity contribution < 1.29 is 22.3 Å². The molecule has 3 rings (SSSR count). The second-order valence-corrected chi connectivity index (χ2v) is 9.90. The quantitative estimate of drug-likeness (QED) is 0.625. The Morgan fingerprint density at radius 3 is 2.52 bits per heavy atom. The molecule has 0 bridgehead atoms. The minimum Gasteiger partial charge on any atom is -0.379 e. The van der Waals surface area contributed by atoms with E-state index < -0.39 is 27.8 Å². The summed E-state index contributed by atoms with van der Waals surface area (Å²) in [4.78, 5) is 12.8. The Morgan fingerprint density at radius 1 is 1.16 bits per heavy atom. The summed E-state index contributed by atoms with van der Waals surface area (Å²) in [5.74, 6) is -1.51. The molecular formula is C21H23Cl2FN2O4S. The Hall–Kier alpha value is -1.71. The van der Waals surface area contributed by atoms with E-state index in [2.05, 4.69) is 5.32 Å². The highest BCUT2D eigenvalue weighted by Gasteiger charge is 2.28. The summed E-state index contributed by atoms with van der Waals surface area (Å²) in [6, 6.07) is 7.82. The molecule has 1 aliphatic rings. The number of benzene rings is 2. The molecule has 1 aliphatic heterocycles. The van der Waals surface area contributed by atoms with Crippen molar-refractivity contribution in [1.29, 1.82) is 0 Å². The first-order valence-corrected chi connectivity index (χ1v) is 12.1. The van der Waals surface area contributed by atoms with Crippen LogP contribution in [0.15, 0.2) is 41.3 Å². The van der Waals surface area contributed by atoms with E-state index in [-0.39, 0.29) is 36.8 Å². The molecule has 2 aromatic carbocycles. The molecule has 1 amide bonds. The highest BCUT2D eigenvalue weighted by Crippen LogP contribution is 2.28. The molecule has 1 saturated heterocycles. The predicted molar refractivity (Wildman–Crippen MR) is 118 cm³/mol. The average Bonchev–Trinajstić information content (AvgIpc) is 2.76. The molecular weight excluding hydrogens is 466 g/mol. The third-order valence-corrected chi connectivity index (χ3v) is 7.65. The van der Waals surface area contributed by atoms with Crippen LogP contribution in [0, 0.1) is 5.82 Å². The van der Waals surface area contributed by atoms with Gasteiger partial charge in [0.05, 0.1) is 39.8 Å². The molecule has 1 heterocycles. The number of hydrogen-bond donors (Lipinski definition) is 1. The topological polar surface area (TPSA) is 75.7 Å². The third-order valence-electron chi connectivity index (χ3n) is 5.02. The van der Waals surface area contributed by atoms with Gasteiger partial charge in [0.25, 0.3) is 5.91 Å². The van der Waals surface area contributed by atoms with Crippen LogP contribution < -0.4 is 5.32 Å². The van der Waals surface area contributed by atoms with Gasteiger partial charge in [0.15, 0.2) is 0 Å². The largest absolute Gasteiger partial charge is 0.379 e. The van der Waals surface area contributed by atoms with E-state index in [4.69, 9.17) is 27.9 Å². The number of halogens is 3. The maximum Gasteiger partial charge on any atom is 0.254 e. The SMILES string of the molecule is CCCC(NC(=O)c1cc(S(=O)(=O)N2CCOCC2)ccc1F)c1ccc(Cl)c(Cl)c1. The van der Waals surface area contributed by atoms with Gasteiger partial charge in [-0.2, -0.15) is 4.31 Å². The zero-order valence-corrected chi connectivity index (χ0v) is 19.2. The fraction of sp³-hybridized carbons (Fsp3) is 0.381. The lowest BCUT2D eigenvalue weighted by atomic mass is 10.0. The standard InChI is InChI=1S/C21H23Cl2FN2O4S/c1-2-3-20(14-4-6-17(22)18(23)12-14)25-21(27)16-13-15(5-7-19(16)24)31(28,29)26-8-10-30-11-9-26/h4-7,12-13,20H,2-3,8-11H2,1H3,(H,25,27). The van der Waals surface area contributed by atoms with Crippen molar-refractivity contribution >= 4 is 39.1 Å². The predicted octanol–water partition coefficient (Wildman–Crippen LogP) is 4.42. The molecule has 1 fully saturated rings. The van der Waals surface area contributed by atoms with Crippen molar-refractivity contribution in [3.63, 3.8) is 0 Å². The average molecular weight is 489 g/mol. The summed E-state index contributed by atoms with van der Waals surface area (Å²) in [6.07, 6.45) is 1.33. The summed E-state index contributed by atoms with van der Waals surface area (Å²) in [6.45, 7) is 2.94. The molecule has 1 N–H and O–H groups in total. The number of sulfonamides is 1. The van der Waals surface area contributed by atoms with Crippen LogP contribution in [0.25, 0.3) is 0 Å². The highest BCUT2D eigenvalue weighted by molar-refractivity contribution is 7.89. The maximum absolute atomic E-state index is 14.5. The minimum absolute atomic E-state index is 0.137. The summed E-state index contributed by atoms with van der Waals surface area (Å²) in [7, 11) is -3.86. The molecule has 168 valence electrons. The van der Waals surface area contributed by atoms with Crippen LogP contribution in [0.5, 0.6) is 0 Å². The third kappa shape index (κ3) is 5.56. The number of rotatable bonds is 7. The van der Waals surface area contributed by atoms with Crippen LogP contribution in [-0.2, 0) is 14.8 Å². The van der Waals surface area contributed by atoms with Gasteiger partial charge >= 0.3 is 0 Å². The fourth-order valence-corrected chi connectivity index (χ4v) is 5.09. The number of hydrogen-bond acceptors (Lipinski definition) is 4. The van der Waals surface area contributed by atoms with Gasteiger partial charge in [0.1, 0.15) is 5.82 Å². The van der Waals surface area contributed by atoms with Crippen LogP contribution in [0.4, 0.5) is 4.39 Å². The Balaban J connectivity index is 1.87. The zero-order chi connectivity index (χ0) is 22.6. The summed E-state index contributed by atoms with van der Waals surface area (Å²) in [5.41, 5.74) is 0.387. The number of morpholine rings is 1. The lowest BCUT2D eigenvalue weighted by Gasteiger charge is -2.26. The Kier molecular flexibility index (Phi) is 7.93. The number of nitrogens with zero attached hydrogens (tertiary/aromatic N) is 1. The molecule has 31 heavy (non-hydrogen) atoms. The molecule has 1 atom stereocenters. The zero-order valence-electron chi connectivity index (χ0n) is 16.9. The first-order chi connectivity index (χ1) is 14.7. The summed E-state index contributed by atoms with van der Waals surface area (Å²) < 4.78 is 46.7. The van der Waals surface area contributed by atoms with Crippen molar-refractivity contribution in [3.8, 4) is 0 Å². The number of amides is 1. The molecule has 1 unspecified atom stereocenters. The van der Waals surface area contributed by atoms with Crippen molar-refractivity contribution in [1.82, 2.24) is 9.62 Å². The van der Waals surface area contributed by atoms with E-state index >= 15 is 0 Å². The Morgan fingerprint density at radius 2 is 1.87 bits per heavy atom. The lowest BCUT2D eigenvalue weighted by molar-refractivity contribution is 0.0730. The van der Waals surface area contributed by atoms with Crippen molar-refractivity contribution in [2.45, 2.75) is 30.7 Å². The van der Waals surface area contributed by atoms with Crippen LogP contribution in [0.3, 0.4) is 0 Å². The minimum atomic E-state index is -3.86. The normalized spacial score (nSPS) is 16.1. The Labute approximate surface area is 191 Å². The van der Waals surface area contributed by atoms with Gasteiger partial charge in [-0.25, -0.2) is 12.8 Å². The van der Waals surface area contributed by atoms with E-state index in [1.165, 1.54) is 10.4 Å². The molecule has 2 aromatic rings. The molecule has 0 aromatic heterocycles. The van der Waals surface area contributed by atoms with Crippen molar-refractivity contribution in [3.05, 3.63) is 63.4 Å². The molecule has 0 aliphatic carbocycles. The maximum atomic E-state index is 14.5. The monoisotopic (exact) mass is 488 g/mol. The second-order valence-electron chi connectivity index (χ2n) is 7.15. The van der Waals surface area contributed by atoms with Crippen LogP contribution in [0.2, 0.25) is 10.0 Å². The van der Waals surface area contributed by atoms with Crippen LogP contribution >= 0.6 is 23.2 Å². The number of nitrogens with one attached hydrogen (secondary N) is 1. The summed E-state index contributed by atoms with van der Waals surface area (Å²) in [5, 5.41) is 3.52. The molecule has 10 heteroatoms. The van der Waals surface area contributed by atoms with Gasteiger partial charge in [-0.05, 0) is 42.3 Å². The fourth-order valence-electron chi connectivity index (χ4n) is 3.35. The van der Waals surface area contributed by atoms with Gasteiger partial charge in [0, 0.05) is 13.1 Å². The van der Waals surface area contributed by atoms with E-state index in [1.54, 1.807) is 18.2 Å². The second kappa shape index (κ2) is 10.3. The van der Waals surface area contributed by atoms with Gasteiger partial charge in [-0.1, -0.05) is 42.6 Å². The summed E-state index contributed by atoms with van der Waals surface area (Å²) >= 11 is 12.1. The van der Waals surface area contributed by atoms with Crippen molar-refractivity contribution in [2.75, 3.05) is 26.3 Å². The first-order valence-electron chi connectivity index (χ1n) is 9.87. The highest BCUT2D eigenvalue weighted by atomic mass is 35.5. The van der Waals surface area contributed by atoms with Gasteiger partial charge < -0.3 is 10.1 Å². The van der Waals surface area contributed by atoms with Crippen molar-refractivity contribution in [2.24, 2.45) is 0 Å². The first kappa shape index (κ1) is 23.9.